The molecule has 5 N–H and O–H groups in total. The van der Waals surface area contributed by atoms with E-state index in [1.807, 2.05) is 36.1 Å². The number of carbonyl (C=O) groups is 4. The predicted octanol–water partition coefficient (Wildman–Crippen LogP) is 8.21. The molecule has 8 rings (SSSR count). The number of hydrogen-bond donors (Lipinski definition) is 4. The van der Waals surface area contributed by atoms with E-state index in [4.69, 9.17) is 55.3 Å². The van der Waals surface area contributed by atoms with Crippen LogP contribution in [0.15, 0.2) is 95.9 Å². The average molecular weight is 1070 g/mol. The molecule has 0 spiro atoms. The number of aryl methyl sites for hydroxylation is 1. The molecule has 25 heteroatoms. The molecule has 376 valence electrons. The van der Waals surface area contributed by atoms with Crippen LogP contribution in [0.5, 0.6) is 11.5 Å². The molecule has 0 bridgehead atoms. The number of ether oxygens (including phenoxy) is 2. The molecule has 3 aromatic heterocycles. The van der Waals surface area contributed by atoms with Crippen molar-refractivity contribution in [3.63, 3.8) is 0 Å². The number of Topliss-reactive ketones (excluding diaryl/α,β-unsaturated/α-hetero) is 2. The van der Waals surface area contributed by atoms with Gasteiger partial charge in [-0.25, -0.2) is 29.9 Å². The number of benzene rings is 3. The number of rotatable bonds is 10. The number of imide groups is 1. The van der Waals surface area contributed by atoms with Crippen LogP contribution in [0.25, 0.3) is 28.6 Å². The van der Waals surface area contributed by atoms with E-state index in [1.54, 1.807) is 42.5 Å². The minimum absolute atomic E-state index is 0.0114. The number of piperidine rings is 1. The summed E-state index contributed by atoms with van der Waals surface area (Å²) in [5.41, 5.74) is 10.6. The normalized spacial score (nSPS) is 13.9. The lowest BCUT2D eigenvalue weighted by molar-refractivity contribution is -0.274. The molecular formula is C47H44BCl3F3N9O8S. The van der Waals surface area contributed by atoms with E-state index in [2.05, 4.69) is 40.0 Å². The number of alkyl halides is 3. The molecule has 0 atom stereocenters. The van der Waals surface area contributed by atoms with Crippen molar-refractivity contribution >= 4 is 93.9 Å². The topological polar surface area (TPSA) is 246 Å². The van der Waals surface area contributed by atoms with Gasteiger partial charge in [0.25, 0.3) is 11.1 Å². The Balaban J connectivity index is 0.000000204. The summed E-state index contributed by atoms with van der Waals surface area (Å²) in [6.07, 6.45) is -1.63. The van der Waals surface area contributed by atoms with E-state index < -0.39 is 24.6 Å². The highest BCUT2D eigenvalue weighted by molar-refractivity contribution is 8.18. The van der Waals surface area contributed by atoms with Crippen LogP contribution >= 0.6 is 46.6 Å². The lowest BCUT2D eigenvalue weighted by Gasteiger charge is -2.31. The van der Waals surface area contributed by atoms with E-state index in [-0.39, 0.29) is 43.6 Å². The van der Waals surface area contributed by atoms with Gasteiger partial charge in [0.15, 0.2) is 11.6 Å². The molecule has 0 saturated carbocycles. The first-order chi connectivity index (χ1) is 34.1. The Kier molecular flexibility index (Phi) is 20.6. The van der Waals surface area contributed by atoms with Gasteiger partial charge in [-0.3, -0.25) is 24.5 Å². The quantitative estimate of drug-likeness (QED) is 0.0332. The van der Waals surface area contributed by atoms with Gasteiger partial charge in [0.1, 0.15) is 28.0 Å². The molecule has 3 aromatic carbocycles. The van der Waals surface area contributed by atoms with Gasteiger partial charge in [0, 0.05) is 44.1 Å². The van der Waals surface area contributed by atoms with Crippen molar-refractivity contribution in [2.24, 2.45) is 11.7 Å². The Hall–Kier alpha value is -6.53. The summed E-state index contributed by atoms with van der Waals surface area (Å²) in [4.78, 5) is 72.0. The van der Waals surface area contributed by atoms with E-state index in [0.29, 0.717) is 71.1 Å². The minimum atomic E-state index is -4.82. The lowest BCUT2D eigenvalue weighted by Crippen LogP contribution is -2.37. The molecule has 0 unspecified atom stereocenters. The Morgan fingerprint density at radius 3 is 1.99 bits per heavy atom. The van der Waals surface area contributed by atoms with Crippen molar-refractivity contribution in [1.82, 2.24) is 35.2 Å². The fourth-order valence-electron chi connectivity index (χ4n) is 6.52. The zero-order valence-corrected chi connectivity index (χ0v) is 41.7. The number of halogens is 6. The highest BCUT2D eigenvalue weighted by atomic mass is 35.5. The summed E-state index contributed by atoms with van der Waals surface area (Å²) < 4.78 is 46.9. The largest absolute Gasteiger partial charge is 0.573 e. The number of amides is 2. The van der Waals surface area contributed by atoms with Crippen molar-refractivity contribution < 1.29 is 51.9 Å². The molecule has 72 heavy (non-hydrogen) atoms. The van der Waals surface area contributed by atoms with E-state index in [0.717, 1.165) is 35.7 Å². The number of anilines is 1. The van der Waals surface area contributed by atoms with E-state index in [9.17, 15) is 32.3 Å². The highest BCUT2D eigenvalue weighted by Crippen LogP contribution is 2.31. The maximum atomic E-state index is 12.7. The van der Waals surface area contributed by atoms with Crippen LogP contribution in [0.3, 0.4) is 0 Å². The van der Waals surface area contributed by atoms with Gasteiger partial charge in [0.2, 0.25) is 16.5 Å². The third kappa shape index (κ3) is 17.7. The summed E-state index contributed by atoms with van der Waals surface area (Å²) in [6, 6.07) is 24.5. The Bertz CT molecular complexity index is 2930. The number of hydrogen-bond acceptors (Lipinski definition) is 17. The maximum absolute atomic E-state index is 12.7. The summed E-state index contributed by atoms with van der Waals surface area (Å²) in [6.45, 7) is 6.78. The number of thioether (sulfide) groups is 1. The third-order valence-corrected chi connectivity index (χ3v) is 11.4. The number of methoxy groups -OCH3 is 1. The number of carbonyl (C=O) groups excluding carboxylic acids is 4. The molecule has 2 saturated heterocycles. The molecule has 6 aromatic rings. The smallest absolute Gasteiger partial charge is 0.497 e. The highest BCUT2D eigenvalue weighted by Gasteiger charge is 2.31. The molecule has 2 aliphatic rings. The van der Waals surface area contributed by atoms with Gasteiger partial charge in [-0.1, -0.05) is 59.6 Å². The van der Waals surface area contributed by atoms with Crippen molar-refractivity contribution in [2.75, 3.05) is 31.6 Å². The minimum Gasteiger partial charge on any atom is -0.497 e. The number of nitrogens with two attached hydrogens (primary N) is 1. The molecule has 2 amide bonds. The van der Waals surface area contributed by atoms with E-state index in [1.165, 1.54) is 51.3 Å². The molecule has 17 nitrogen and oxygen atoms in total. The first-order valence-electron chi connectivity index (χ1n) is 21.4. The zero-order valence-electron chi connectivity index (χ0n) is 38.7. The fourth-order valence-corrected chi connectivity index (χ4v) is 7.77. The van der Waals surface area contributed by atoms with Crippen LogP contribution in [0.2, 0.25) is 15.7 Å². The Morgan fingerprint density at radius 1 is 0.819 bits per heavy atom. The van der Waals surface area contributed by atoms with Crippen LogP contribution in [0.4, 0.5) is 23.9 Å². The number of nitrogens with one attached hydrogen (secondary N) is 1. The van der Waals surface area contributed by atoms with Gasteiger partial charge in [-0.15, -0.1) is 13.2 Å². The monoisotopic (exact) mass is 1070 g/mol. The second-order valence-electron chi connectivity index (χ2n) is 15.5. The van der Waals surface area contributed by atoms with E-state index >= 15 is 0 Å². The fraction of sp³-hybridized carbons (Fsp3) is 0.234. The Labute approximate surface area is 430 Å². The number of nitrogens with zero attached hydrogens (tertiary/aromatic N) is 7. The van der Waals surface area contributed by atoms with Crippen LogP contribution in [0.1, 0.15) is 58.9 Å². The predicted molar refractivity (Wildman–Crippen MR) is 269 cm³/mol. The van der Waals surface area contributed by atoms with Crippen LogP contribution in [0, 0.1) is 12.8 Å². The molecule has 0 radical (unpaired) electrons. The standard InChI is InChI=1S/C21H20F3N5O3S.C13H11ClN2O.C7H9BO3.C6H4Cl2N2O/c22-21(23,24)32-15-3-1-2-13(8-15)16-9-14(10-17-18(30)28-20(31)33-17)26-19(27-16)29-6-4-12(11-25)5-7-29;1-8-4-3-5-10(6-8)12-7-11(9(2)17)15-13(14)16-12;1-11-7-4-2-3-6(5-7)8(9)10;1-3(11)4-2-5(7)10-6(8)9-4/h1-3,8-10,12H,4-7,11,25H2,(H,28,30,31);3-7H,1-2H3;2-5,9-10H,1H3;2H,1H3/b17-10-;;;. The SMILES string of the molecule is CC(=O)c1cc(-c2cccc(C)c2)nc(Cl)n1.CC(=O)c1cc(Cl)nc(Cl)n1.COc1cccc(B(O)O)c1.NCC1CCN(c2nc(/C=C3\SC(=O)NC3=O)cc(-c3cccc(OC(F)(F)F)c3)n2)CC1. The van der Waals surface area contributed by atoms with Crippen molar-refractivity contribution in [3.05, 3.63) is 134 Å². The van der Waals surface area contributed by atoms with Gasteiger partial charge in [0.05, 0.1) is 29.1 Å². The van der Waals surface area contributed by atoms with Crippen LogP contribution < -0.4 is 30.9 Å². The van der Waals surface area contributed by atoms with Crippen molar-refractivity contribution in [3.8, 4) is 34.0 Å². The average Bonchev–Trinajstić information content (AvgIpc) is 3.65. The van der Waals surface area contributed by atoms with Crippen molar-refractivity contribution in [1.29, 1.82) is 0 Å². The van der Waals surface area contributed by atoms with Crippen LogP contribution in [-0.4, -0.2) is 103 Å². The zero-order chi connectivity index (χ0) is 52.7. The van der Waals surface area contributed by atoms with Gasteiger partial charge >= 0.3 is 13.5 Å². The summed E-state index contributed by atoms with van der Waals surface area (Å²) in [5, 5.41) is 19.4. The van der Waals surface area contributed by atoms with Gasteiger partial charge in [-0.2, -0.15) is 0 Å². The summed E-state index contributed by atoms with van der Waals surface area (Å²) >= 11 is 17.5. The second-order valence-corrected chi connectivity index (χ2v) is 17.5. The van der Waals surface area contributed by atoms with Crippen molar-refractivity contribution in [2.45, 2.75) is 40.0 Å². The molecular weight excluding hydrogens is 1020 g/mol. The van der Waals surface area contributed by atoms with Gasteiger partial charge < -0.3 is 30.2 Å². The first kappa shape index (κ1) is 56.4. The third-order valence-electron chi connectivity index (χ3n) is 10.0. The molecule has 2 aliphatic heterocycles. The molecule has 2 fully saturated rings. The summed E-state index contributed by atoms with van der Waals surface area (Å²) in [5.74, 6) is 0.199. The van der Waals surface area contributed by atoms with Gasteiger partial charge in [-0.05, 0) is 121 Å². The van der Waals surface area contributed by atoms with Crippen LogP contribution in [-0.2, 0) is 4.79 Å². The number of aromatic nitrogens is 6. The molecule has 5 heterocycles. The lowest BCUT2D eigenvalue weighted by atomic mass is 9.80. The Morgan fingerprint density at radius 2 is 1.42 bits per heavy atom. The summed E-state index contributed by atoms with van der Waals surface area (Å²) in [7, 11) is 0.105. The first-order valence-corrected chi connectivity index (χ1v) is 23.3. The second kappa shape index (κ2) is 26.3. The maximum Gasteiger partial charge on any atom is 0.573 e. The molecule has 0 aliphatic carbocycles. The number of ketones is 2.